The first-order valence-electron chi connectivity index (χ1n) is 11.8. The highest BCUT2D eigenvalue weighted by atomic mass is 19.4. The molecule has 202 valence electrons. The fourth-order valence-corrected chi connectivity index (χ4v) is 4.25. The van der Waals surface area contributed by atoms with Crippen LogP contribution in [0.1, 0.15) is 50.3 Å². The number of nitro benzene ring substituents is 1. The highest BCUT2D eigenvalue weighted by Crippen LogP contribution is 2.44. The number of nitrogens with one attached hydrogen (secondary N) is 1. The van der Waals surface area contributed by atoms with Gasteiger partial charge < -0.3 is 14.8 Å². The third-order valence-electron chi connectivity index (χ3n) is 5.89. The van der Waals surface area contributed by atoms with Gasteiger partial charge in [0.2, 0.25) is 0 Å². The van der Waals surface area contributed by atoms with Crippen molar-refractivity contribution < 1.29 is 37.2 Å². The molecule has 1 atom stereocenters. The largest absolute Gasteiger partial charge is 0.462 e. The van der Waals surface area contributed by atoms with Crippen LogP contribution in [0.3, 0.4) is 0 Å². The first-order chi connectivity index (χ1) is 17.8. The maximum Gasteiger partial charge on any atom is 0.416 e. The predicted octanol–water partition coefficient (Wildman–Crippen LogP) is 5.59. The lowest BCUT2D eigenvalue weighted by molar-refractivity contribution is -0.384. The Hall–Kier alpha value is -4.15. The second-order valence-corrected chi connectivity index (χ2v) is 8.98. The lowest BCUT2D eigenvalue weighted by Crippen LogP contribution is -2.34. The van der Waals surface area contributed by atoms with Crippen LogP contribution in [0.25, 0.3) is 0 Å². The molecule has 0 radical (unpaired) electrons. The highest BCUT2D eigenvalue weighted by molar-refractivity contribution is 6.00. The first kappa shape index (κ1) is 28.4. The molecule has 1 heterocycles. The van der Waals surface area contributed by atoms with E-state index >= 15 is 0 Å². The molecule has 11 heteroatoms. The number of hydrogen-bond acceptors (Lipinski definition) is 7. The van der Waals surface area contributed by atoms with Crippen molar-refractivity contribution in [3.63, 3.8) is 0 Å². The molecular formula is C27H27F3N2O6. The minimum atomic E-state index is -4.75. The van der Waals surface area contributed by atoms with E-state index in [2.05, 4.69) is 5.32 Å². The Morgan fingerprint density at radius 1 is 1.00 bits per heavy atom. The molecule has 8 nitrogen and oxygen atoms in total. The van der Waals surface area contributed by atoms with Gasteiger partial charge in [0.1, 0.15) is 0 Å². The number of alkyl halides is 3. The monoisotopic (exact) mass is 532 g/mol. The van der Waals surface area contributed by atoms with Crippen LogP contribution < -0.4 is 5.32 Å². The predicted molar refractivity (Wildman–Crippen MR) is 132 cm³/mol. The quantitative estimate of drug-likeness (QED) is 0.268. The number of carbonyl (C=O) groups is 2. The average molecular weight is 533 g/mol. The van der Waals surface area contributed by atoms with Gasteiger partial charge in [0, 0.05) is 29.9 Å². The number of esters is 2. The molecule has 0 spiro atoms. The molecule has 3 rings (SSSR count). The number of rotatable bonds is 8. The summed E-state index contributed by atoms with van der Waals surface area (Å²) in [7, 11) is 0. The van der Waals surface area contributed by atoms with Crippen molar-refractivity contribution in [3.8, 4) is 0 Å². The third kappa shape index (κ3) is 6.39. The van der Waals surface area contributed by atoms with E-state index in [9.17, 15) is 32.9 Å². The van der Waals surface area contributed by atoms with E-state index in [1.165, 1.54) is 56.3 Å². The number of allylic oxidation sites excluding steroid dienone is 2. The maximum absolute atomic E-state index is 14.0. The van der Waals surface area contributed by atoms with Gasteiger partial charge in [0.25, 0.3) is 5.69 Å². The number of benzene rings is 2. The summed E-state index contributed by atoms with van der Waals surface area (Å²) in [5.41, 5.74) is -0.462. The molecule has 2 aromatic rings. The Kier molecular flexibility index (Phi) is 8.60. The second-order valence-electron chi connectivity index (χ2n) is 8.98. The Balaban J connectivity index is 1.98. The standard InChI is InChI=1S/C27H27F3N2O6/c1-15(2)38-26(34)23-17(4)31-16(3)22(24(23)20-7-5-6-8-21(20)27(28,29)30)25(33)37-14-13-18-9-11-19(12-10-18)32(35)36/h5-12,15,24,31H,13-14H2,1-4H3. The summed E-state index contributed by atoms with van der Waals surface area (Å²) < 4.78 is 52.8. The zero-order valence-electron chi connectivity index (χ0n) is 21.2. The summed E-state index contributed by atoms with van der Waals surface area (Å²) in [5.74, 6) is -3.15. The Morgan fingerprint density at radius 2 is 1.58 bits per heavy atom. The molecule has 0 bridgehead atoms. The van der Waals surface area contributed by atoms with Crippen molar-refractivity contribution in [2.45, 2.75) is 52.3 Å². The van der Waals surface area contributed by atoms with Crippen molar-refractivity contribution in [3.05, 3.63) is 97.9 Å². The first-order valence-corrected chi connectivity index (χ1v) is 11.8. The molecule has 0 saturated carbocycles. The summed E-state index contributed by atoms with van der Waals surface area (Å²) in [5, 5.41) is 13.7. The number of carbonyl (C=O) groups excluding carboxylic acids is 2. The molecule has 0 amide bonds. The van der Waals surface area contributed by atoms with Crippen LogP contribution in [0.2, 0.25) is 0 Å². The minimum absolute atomic E-state index is 0.0889. The van der Waals surface area contributed by atoms with E-state index < -0.39 is 40.6 Å². The SMILES string of the molecule is CC1=C(C(=O)OCCc2ccc([N+](=O)[O-])cc2)C(c2ccccc2C(F)(F)F)C(C(=O)OC(C)C)=C(C)N1. The van der Waals surface area contributed by atoms with Crippen LogP contribution >= 0.6 is 0 Å². The number of halogens is 3. The van der Waals surface area contributed by atoms with E-state index in [1.54, 1.807) is 13.8 Å². The van der Waals surface area contributed by atoms with Gasteiger partial charge in [-0.15, -0.1) is 0 Å². The average Bonchev–Trinajstić information content (AvgIpc) is 2.82. The molecule has 1 aliphatic heterocycles. The summed E-state index contributed by atoms with van der Waals surface area (Å²) in [6.07, 6.45) is -5.09. The van der Waals surface area contributed by atoms with E-state index in [0.717, 1.165) is 6.07 Å². The maximum atomic E-state index is 14.0. The molecule has 38 heavy (non-hydrogen) atoms. The highest BCUT2D eigenvalue weighted by Gasteiger charge is 2.43. The van der Waals surface area contributed by atoms with Crippen LogP contribution in [-0.2, 0) is 31.7 Å². The Labute approximate surface area is 217 Å². The van der Waals surface area contributed by atoms with Gasteiger partial charge in [-0.1, -0.05) is 30.3 Å². The van der Waals surface area contributed by atoms with Gasteiger partial charge in [-0.25, -0.2) is 9.59 Å². The molecule has 2 aromatic carbocycles. The van der Waals surface area contributed by atoms with Gasteiger partial charge in [-0.3, -0.25) is 10.1 Å². The number of non-ortho nitro benzene ring substituents is 1. The van der Waals surface area contributed by atoms with Gasteiger partial charge in [-0.2, -0.15) is 13.2 Å². The van der Waals surface area contributed by atoms with Gasteiger partial charge >= 0.3 is 18.1 Å². The van der Waals surface area contributed by atoms with E-state index in [0.29, 0.717) is 5.56 Å². The number of dihydropyridines is 1. The molecule has 1 aliphatic rings. The van der Waals surface area contributed by atoms with Crippen LogP contribution in [-0.4, -0.2) is 29.6 Å². The fourth-order valence-electron chi connectivity index (χ4n) is 4.25. The van der Waals surface area contributed by atoms with Crippen molar-refractivity contribution >= 4 is 17.6 Å². The Morgan fingerprint density at radius 3 is 2.13 bits per heavy atom. The fraction of sp³-hybridized carbons (Fsp3) is 0.333. The van der Waals surface area contributed by atoms with Crippen molar-refractivity contribution in [1.82, 2.24) is 5.32 Å². The lowest BCUT2D eigenvalue weighted by Gasteiger charge is -2.32. The zero-order valence-corrected chi connectivity index (χ0v) is 21.2. The van der Waals surface area contributed by atoms with Gasteiger partial charge in [0.15, 0.2) is 0 Å². The number of hydrogen-bond donors (Lipinski definition) is 1. The van der Waals surface area contributed by atoms with Crippen LogP contribution in [0.5, 0.6) is 0 Å². The molecular weight excluding hydrogens is 505 g/mol. The molecule has 0 aromatic heterocycles. The molecule has 0 saturated heterocycles. The minimum Gasteiger partial charge on any atom is -0.462 e. The second kappa shape index (κ2) is 11.5. The lowest BCUT2D eigenvalue weighted by atomic mass is 9.78. The van der Waals surface area contributed by atoms with Crippen molar-refractivity contribution in [1.29, 1.82) is 0 Å². The molecule has 0 fully saturated rings. The summed E-state index contributed by atoms with van der Waals surface area (Å²) in [6.45, 7) is 6.12. The number of ether oxygens (including phenoxy) is 2. The van der Waals surface area contributed by atoms with E-state index in [4.69, 9.17) is 9.47 Å². The number of nitro groups is 1. The van der Waals surface area contributed by atoms with Crippen molar-refractivity contribution in [2.24, 2.45) is 0 Å². The molecule has 0 aliphatic carbocycles. The molecule has 1 N–H and O–H groups in total. The Bertz CT molecular complexity index is 1300. The van der Waals surface area contributed by atoms with Gasteiger partial charge in [0.05, 0.1) is 40.3 Å². The van der Waals surface area contributed by atoms with E-state index in [-0.39, 0.29) is 46.8 Å². The summed E-state index contributed by atoms with van der Waals surface area (Å²) >= 11 is 0. The normalized spacial score (nSPS) is 15.8. The zero-order chi connectivity index (χ0) is 28.2. The van der Waals surface area contributed by atoms with E-state index in [1.807, 2.05) is 0 Å². The van der Waals surface area contributed by atoms with Crippen LogP contribution in [0.15, 0.2) is 71.1 Å². The van der Waals surface area contributed by atoms with Crippen molar-refractivity contribution in [2.75, 3.05) is 6.61 Å². The molecule has 1 unspecified atom stereocenters. The topological polar surface area (TPSA) is 108 Å². The van der Waals surface area contributed by atoms with Crippen LogP contribution in [0, 0.1) is 10.1 Å². The third-order valence-corrected chi connectivity index (χ3v) is 5.89. The summed E-state index contributed by atoms with van der Waals surface area (Å²) in [6, 6.07) is 10.4. The smallest absolute Gasteiger partial charge is 0.416 e. The van der Waals surface area contributed by atoms with Gasteiger partial charge in [-0.05, 0) is 44.9 Å². The van der Waals surface area contributed by atoms with Crippen LogP contribution in [0.4, 0.5) is 18.9 Å². The number of nitrogens with zero attached hydrogens (tertiary/aromatic N) is 1. The summed E-state index contributed by atoms with van der Waals surface area (Å²) in [4.78, 5) is 36.7.